The largest absolute Gasteiger partial charge is 0.494 e. The molecule has 0 atom stereocenters. The van der Waals surface area contributed by atoms with Crippen molar-refractivity contribution in [1.82, 2.24) is 4.57 Å². The maximum atomic E-state index is 9.10. The van der Waals surface area contributed by atoms with Gasteiger partial charge in [0.15, 0.2) is 5.88 Å². The van der Waals surface area contributed by atoms with Crippen molar-refractivity contribution >= 4 is 5.69 Å². The summed E-state index contributed by atoms with van der Waals surface area (Å²) in [6.07, 6.45) is 0. The third kappa shape index (κ3) is 0.775. The van der Waals surface area contributed by atoms with Gasteiger partial charge in [-0.05, 0) is 6.92 Å². The van der Waals surface area contributed by atoms with Crippen molar-refractivity contribution in [2.45, 2.75) is 13.5 Å². The first-order valence-corrected chi connectivity index (χ1v) is 3.03. The van der Waals surface area contributed by atoms with E-state index < -0.39 is 0 Å². The molecule has 0 bridgehead atoms. The molecule has 0 fully saturated rings. The molecule has 0 saturated carbocycles. The third-order valence-electron chi connectivity index (χ3n) is 1.39. The topological polar surface area (TPSA) is 71.4 Å². The van der Waals surface area contributed by atoms with E-state index in [0.29, 0.717) is 6.54 Å². The molecule has 1 heterocycles. The minimum Gasteiger partial charge on any atom is -0.494 e. The second kappa shape index (κ2) is 2.13. The Morgan fingerprint density at radius 1 is 1.60 bits per heavy atom. The number of nitrogens with two attached hydrogens (primary N) is 1. The zero-order chi connectivity index (χ0) is 7.72. The molecular formula is C6H10N2O2. The number of aromatic nitrogens is 1. The van der Waals surface area contributed by atoms with Gasteiger partial charge in [-0.1, -0.05) is 0 Å². The van der Waals surface area contributed by atoms with E-state index in [9.17, 15) is 0 Å². The zero-order valence-electron chi connectivity index (χ0n) is 5.70. The zero-order valence-corrected chi connectivity index (χ0v) is 5.70. The first kappa shape index (κ1) is 6.80. The molecule has 0 aliphatic heterocycles. The fourth-order valence-electron chi connectivity index (χ4n) is 0.858. The van der Waals surface area contributed by atoms with Gasteiger partial charge in [-0.25, -0.2) is 0 Å². The van der Waals surface area contributed by atoms with Crippen molar-refractivity contribution in [3.63, 3.8) is 0 Å². The van der Waals surface area contributed by atoms with Gasteiger partial charge < -0.3 is 15.9 Å². The predicted octanol–water partition coefficient (Wildman–Crippen LogP) is 0.501. The maximum Gasteiger partial charge on any atom is 0.217 e. The molecule has 0 aromatic carbocycles. The van der Waals surface area contributed by atoms with Crippen LogP contribution in [0.3, 0.4) is 0 Å². The van der Waals surface area contributed by atoms with Crippen molar-refractivity contribution in [3.05, 3.63) is 6.07 Å². The van der Waals surface area contributed by atoms with Gasteiger partial charge in [0.2, 0.25) is 5.88 Å². The summed E-state index contributed by atoms with van der Waals surface area (Å²) in [4.78, 5) is 0. The molecule has 10 heavy (non-hydrogen) atoms. The summed E-state index contributed by atoms with van der Waals surface area (Å²) < 4.78 is 1.31. The first-order valence-electron chi connectivity index (χ1n) is 3.03. The van der Waals surface area contributed by atoms with Gasteiger partial charge in [0.1, 0.15) is 0 Å². The minimum absolute atomic E-state index is 0.00231. The average Bonchev–Trinajstić information content (AvgIpc) is 2.09. The molecule has 0 saturated heterocycles. The lowest BCUT2D eigenvalue weighted by Gasteiger charge is -2.00. The van der Waals surface area contributed by atoms with E-state index in [1.807, 2.05) is 0 Å². The van der Waals surface area contributed by atoms with Crippen molar-refractivity contribution in [3.8, 4) is 11.8 Å². The van der Waals surface area contributed by atoms with Gasteiger partial charge in [0.05, 0.1) is 5.69 Å². The van der Waals surface area contributed by atoms with Crippen LogP contribution in [0.2, 0.25) is 0 Å². The maximum absolute atomic E-state index is 9.10. The molecular weight excluding hydrogens is 132 g/mol. The van der Waals surface area contributed by atoms with E-state index in [4.69, 9.17) is 15.9 Å². The monoisotopic (exact) mass is 142 g/mol. The highest BCUT2D eigenvalue weighted by atomic mass is 16.3. The van der Waals surface area contributed by atoms with Gasteiger partial charge >= 0.3 is 0 Å². The fourth-order valence-corrected chi connectivity index (χ4v) is 0.858. The van der Waals surface area contributed by atoms with E-state index in [1.54, 1.807) is 6.92 Å². The molecule has 4 nitrogen and oxygen atoms in total. The lowest BCUT2D eigenvalue weighted by molar-refractivity contribution is 0.374. The van der Waals surface area contributed by atoms with Gasteiger partial charge in [0, 0.05) is 12.6 Å². The molecule has 0 radical (unpaired) electrons. The summed E-state index contributed by atoms with van der Waals surface area (Å²) in [5.74, 6) is -0.0718. The van der Waals surface area contributed by atoms with Gasteiger partial charge in [-0.3, -0.25) is 4.57 Å². The number of anilines is 1. The summed E-state index contributed by atoms with van der Waals surface area (Å²) >= 11 is 0. The van der Waals surface area contributed by atoms with Crippen LogP contribution in [0.25, 0.3) is 0 Å². The summed E-state index contributed by atoms with van der Waals surface area (Å²) in [6.45, 7) is 2.31. The average molecular weight is 142 g/mol. The Hall–Kier alpha value is -1.32. The number of hydrogen-bond donors (Lipinski definition) is 3. The Morgan fingerprint density at radius 2 is 2.20 bits per heavy atom. The molecule has 0 unspecified atom stereocenters. The van der Waals surface area contributed by atoms with Crippen LogP contribution in [0.5, 0.6) is 11.8 Å². The Morgan fingerprint density at radius 3 is 2.40 bits per heavy atom. The van der Waals surface area contributed by atoms with Crippen LogP contribution in [0.1, 0.15) is 6.92 Å². The number of aromatic hydroxyl groups is 2. The second-order valence-corrected chi connectivity index (χ2v) is 2.03. The SMILES string of the molecule is CCn1c(O)cc(N)c1O. The Bertz CT molecular complexity index is 242. The summed E-state index contributed by atoms with van der Waals surface area (Å²) in [5, 5.41) is 18.1. The lowest BCUT2D eigenvalue weighted by Crippen LogP contribution is -1.92. The summed E-state index contributed by atoms with van der Waals surface area (Å²) in [5.41, 5.74) is 5.49. The van der Waals surface area contributed by atoms with E-state index in [-0.39, 0.29) is 17.4 Å². The molecule has 1 rings (SSSR count). The molecule has 0 amide bonds. The third-order valence-corrected chi connectivity index (χ3v) is 1.39. The highest BCUT2D eigenvalue weighted by Crippen LogP contribution is 2.28. The van der Waals surface area contributed by atoms with Crippen LogP contribution in [-0.2, 0) is 6.54 Å². The van der Waals surface area contributed by atoms with Crippen LogP contribution in [0, 0.1) is 0 Å². The fraction of sp³-hybridized carbons (Fsp3) is 0.333. The molecule has 0 aliphatic carbocycles. The molecule has 56 valence electrons. The van der Waals surface area contributed by atoms with E-state index in [2.05, 4.69) is 0 Å². The predicted molar refractivity (Wildman–Crippen MR) is 37.8 cm³/mol. The molecule has 4 heteroatoms. The van der Waals surface area contributed by atoms with Crippen LogP contribution in [-0.4, -0.2) is 14.8 Å². The molecule has 4 N–H and O–H groups in total. The number of hydrogen-bond acceptors (Lipinski definition) is 3. The molecule has 0 spiro atoms. The van der Waals surface area contributed by atoms with Crippen LogP contribution in [0.4, 0.5) is 5.69 Å². The molecule has 1 aromatic rings. The van der Waals surface area contributed by atoms with Crippen molar-refractivity contribution in [1.29, 1.82) is 0 Å². The lowest BCUT2D eigenvalue weighted by atomic mass is 10.5. The van der Waals surface area contributed by atoms with Crippen molar-refractivity contribution < 1.29 is 10.2 Å². The van der Waals surface area contributed by atoms with Crippen LogP contribution >= 0.6 is 0 Å². The minimum atomic E-state index is -0.0694. The van der Waals surface area contributed by atoms with Crippen LogP contribution < -0.4 is 5.73 Å². The summed E-state index contributed by atoms with van der Waals surface area (Å²) in [6, 6.07) is 1.32. The van der Waals surface area contributed by atoms with E-state index in [1.165, 1.54) is 10.6 Å². The van der Waals surface area contributed by atoms with Crippen molar-refractivity contribution in [2.24, 2.45) is 0 Å². The number of nitrogens with zero attached hydrogens (tertiary/aromatic N) is 1. The molecule has 0 aliphatic rings. The van der Waals surface area contributed by atoms with Gasteiger partial charge in [-0.15, -0.1) is 0 Å². The smallest absolute Gasteiger partial charge is 0.217 e. The van der Waals surface area contributed by atoms with Crippen LogP contribution in [0.15, 0.2) is 6.07 Å². The molecule has 1 aromatic heterocycles. The Balaban J connectivity index is 3.20. The Labute approximate surface area is 58.5 Å². The quantitative estimate of drug-likeness (QED) is 0.534. The Kier molecular flexibility index (Phi) is 1.45. The number of nitrogen functional groups attached to an aromatic ring is 1. The van der Waals surface area contributed by atoms with Gasteiger partial charge in [-0.2, -0.15) is 0 Å². The normalized spacial score (nSPS) is 10.1. The number of rotatable bonds is 1. The van der Waals surface area contributed by atoms with Gasteiger partial charge in [0.25, 0.3) is 0 Å². The second-order valence-electron chi connectivity index (χ2n) is 2.03. The highest BCUT2D eigenvalue weighted by molar-refractivity contribution is 5.53. The van der Waals surface area contributed by atoms with E-state index >= 15 is 0 Å². The highest BCUT2D eigenvalue weighted by Gasteiger charge is 2.07. The standard InChI is InChI=1S/C6H10N2O2/c1-2-8-5(9)3-4(7)6(8)10/h3,9-10H,2,7H2,1H3. The summed E-state index contributed by atoms with van der Waals surface area (Å²) in [7, 11) is 0. The van der Waals surface area contributed by atoms with E-state index in [0.717, 1.165) is 0 Å². The first-order chi connectivity index (χ1) is 4.66. The van der Waals surface area contributed by atoms with Crippen molar-refractivity contribution in [2.75, 3.05) is 5.73 Å².